The Labute approximate surface area is 198 Å². The molecule has 2 unspecified atom stereocenters. The van der Waals surface area contributed by atoms with E-state index in [4.69, 9.17) is 20.4 Å². The van der Waals surface area contributed by atoms with E-state index in [0.717, 1.165) is 9.13 Å². The van der Waals surface area contributed by atoms with Crippen LogP contribution in [-0.4, -0.2) is 82.8 Å². The van der Waals surface area contributed by atoms with E-state index in [1.54, 1.807) is 14.1 Å². The molecule has 0 amide bonds. The Balaban J connectivity index is 0.000000193. The number of hydrogen-bond acceptors (Lipinski definition) is 10. The number of aliphatic hydroxyl groups is 2. The highest BCUT2D eigenvalue weighted by atomic mass is 16.4. The number of hydrogen-bond donors (Lipinski definition) is 6. The van der Waals surface area contributed by atoms with Crippen LogP contribution in [0.1, 0.15) is 0 Å². The zero-order valence-electron chi connectivity index (χ0n) is 19.2. The molecule has 0 aromatic carbocycles. The van der Waals surface area contributed by atoms with E-state index >= 15 is 0 Å². The fraction of sp³-hybridized carbons (Fsp3) is 0.333. The number of fused-ring (bicyclic) bond motifs is 2. The van der Waals surface area contributed by atoms with Gasteiger partial charge in [-0.15, -0.1) is 0 Å². The number of imidazole rings is 2. The summed E-state index contributed by atoms with van der Waals surface area (Å²) in [7, 11) is 6.02. The van der Waals surface area contributed by atoms with Crippen LogP contribution in [0.25, 0.3) is 22.3 Å². The number of aliphatic carboxylic acids is 2. The first-order valence-corrected chi connectivity index (χ1v) is 9.72. The summed E-state index contributed by atoms with van der Waals surface area (Å²) in [6.45, 7) is 0. The molecule has 0 spiro atoms. The largest absolute Gasteiger partial charge is 0.479 e. The van der Waals surface area contributed by atoms with E-state index in [-0.39, 0.29) is 22.5 Å². The highest BCUT2D eigenvalue weighted by Gasteiger charge is 2.29. The van der Waals surface area contributed by atoms with Crippen LogP contribution in [0.15, 0.2) is 31.8 Å². The second kappa shape index (κ2) is 10.6. The molecule has 194 valence electrons. The zero-order valence-corrected chi connectivity index (χ0v) is 19.2. The van der Waals surface area contributed by atoms with E-state index < -0.39 is 24.1 Å². The standard InChI is InChI=1S/2C7H8N4O2.C4H6O6/c2*1-10-5-4(8-3-9-5)6(12)11(2)7(10)13;5-1(3(7)8)2(6)4(9)10/h2*3H,1-2H3,(H,8,9);1-2,5-6H,(H,7,8)(H,9,10). The number of nitrogens with zero attached hydrogens (tertiary/aromatic N) is 6. The van der Waals surface area contributed by atoms with Crippen LogP contribution in [-0.2, 0) is 37.8 Å². The second-order valence-corrected chi connectivity index (χ2v) is 7.18. The van der Waals surface area contributed by atoms with E-state index in [2.05, 4.69) is 19.9 Å². The van der Waals surface area contributed by atoms with Crippen molar-refractivity contribution in [2.45, 2.75) is 12.2 Å². The maximum absolute atomic E-state index is 11.4. The molecule has 18 heteroatoms. The van der Waals surface area contributed by atoms with Crippen molar-refractivity contribution in [2.75, 3.05) is 0 Å². The molecule has 0 fully saturated rings. The second-order valence-electron chi connectivity index (χ2n) is 7.18. The number of carboxylic acid groups (broad SMARTS) is 2. The number of aromatic amines is 2. The SMILES string of the molecule is Cn1c(=O)c2[nH]cnc2n(C)c1=O.Cn1c(=O)c2[nH]cnc2n(C)c1=O.O=C(O)C(O)C(O)C(=O)O. The van der Waals surface area contributed by atoms with Gasteiger partial charge >= 0.3 is 23.3 Å². The van der Waals surface area contributed by atoms with Crippen LogP contribution < -0.4 is 22.5 Å². The fourth-order valence-electron chi connectivity index (χ4n) is 2.81. The van der Waals surface area contributed by atoms with Gasteiger partial charge in [0.25, 0.3) is 11.1 Å². The van der Waals surface area contributed by atoms with Crippen LogP contribution in [0, 0.1) is 0 Å². The molecule has 4 heterocycles. The number of carbonyl (C=O) groups is 2. The summed E-state index contributed by atoms with van der Waals surface area (Å²) < 4.78 is 4.74. The molecule has 0 aliphatic heterocycles. The monoisotopic (exact) mass is 510 g/mol. The van der Waals surface area contributed by atoms with Gasteiger partial charge in [-0.3, -0.25) is 27.9 Å². The molecule has 0 radical (unpaired) electrons. The first-order chi connectivity index (χ1) is 16.7. The summed E-state index contributed by atoms with van der Waals surface area (Å²) in [6, 6.07) is 0. The van der Waals surface area contributed by atoms with Gasteiger partial charge in [0.15, 0.2) is 23.5 Å². The first-order valence-electron chi connectivity index (χ1n) is 9.72. The summed E-state index contributed by atoms with van der Waals surface area (Å²) in [5.74, 6) is -3.54. The smallest absolute Gasteiger partial charge is 0.335 e. The predicted molar refractivity (Wildman–Crippen MR) is 120 cm³/mol. The van der Waals surface area contributed by atoms with Crippen molar-refractivity contribution < 1.29 is 30.0 Å². The molecule has 6 N–H and O–H groups in total. The van der Waals surface area contributed by atoms with Crippen molar-refractivity contribution in [1.29, 1.82) is 0 Å². The van der Waals surface area contributed by atoms with Gasteiger partial charge in [-0.1, -0.05) is 0 Å². The Hall–Kier alpha value is -4.84. The van der Waals surface area contributed by atoms with Crippen molar-refractivity contribution in [1.82, 2.24) is 38.2 Å². The van der Waals surface area contributed by atoms with Crippen LogP contribution in [0.4, 0.5) is 0 Å². The molecule has 2 atom stereocenters. The summed E-state index contributed by atoms with van der Waals surface area (Å²) in [6.07, 6.45) is -1.74. The third kappa shape index (κ3) is 5.13. The number of carboxylic acids is 2. The number of rotatable bonds is 3. The topological polar surface area (TPSA) is 260 Å². The quantitative estimate of drug-likeness (QED) is 0.153. The van der Waals surface area contributed by atoms with Crippen LogP contribution in [0.5, 0.6) is 0 Å². The van der Waals surface area contributed by atoms with E-state index in [1.165, 1.54) is 35.9 Å². The molecular formula is C18H22N8O10. The van der Waals surface area contributed by atoms with Gasteiger partial charge in [0.2, 0.25) is 0 Å². The Morgan fingerprint density at radius 2 is 1.00 bits per heavy atom. The van der Waals surface area contributed by atoms with Crippen molar-refractivity contribution in [2.24, 2.45) is 28.2 Å². The summed E-state index contributed by atoms with van der Waals surface area (Å²) >= 11 is 0. The van der Waals surface area contributed by atoms with Crippen LogP contribution >= 0.6 is 0 Å². The Bertz CT molecular complexity index is 1540. The van der Waals surface area contributed by atoms with Gasteiger partial charge in [0, 0.05) is 28.2 Å². The molecule has 0 bridgehead atoms. The molecule has 4 aromatic rings. The lowest BCUT2D eigenvalue weighted by Gasteiger charge is -2.07. The Morgan fingerprint density at radius 1 is 0.694 bits per heavy atom. The third-order valence-corrected chi connectivity index (χ3v) is 4.86. The number of aromatic nitrogens is 8. The summed E-state index contributed by atoms with van der Waals surface area (Å²) in [5, 5.41) is 32.5. The van der Waals surface area contributed by atoms with E-state index in [9.17, 15) is 28.8 Å². The van der Waals surface area contributed by atoms with Crippen molar-refractivity contribution in [3.8, 4) is 0 Å². The average Bonchev–Trinajstić information content (AvgIpc) is 3.54. The van der Waals surface area contributed by atoms with Gasteiger partial charge < -0.3 is 30.4 Å². The van der Waals surface area contributed by atoms with Crippen molar-refractivity contribution in [3.63, 3.8) is 0 Å². The lowest BCUT2D eigenvalue weighted by atomic mass is 10.2. The number of nitrogens with one attached hydrogen (secondary N) is 2. The molecule has 0 aliphatic carbocycles. The summed E-state index contributed by atoms with van der Waals surface area (Å²) in [5.41, 5.74) is 0.0239. The third-order valence-electron chi connectivity index (χ3n) is 4.86. The van der Waals surface area contributed by atoms with Gasteiger partial charge in [0.1, 0.15) is 11.0 Å². The van der Waals surface area contributed by atoms with Gasteiger partial charge in [-0.25, -0.2) is 29.1 Å². The van der Waals surface area contributed by atoms with Gasteiger partial charge in [-0.2, -0.15) is 0 Å². The van der Waals surface area contributed by atoms with E-state index in [0.29, 0.717) is 22.3 Å². The average molecular weight is 510 g/mol. The lowest BCUT2D eigenvalue weighted by Crippen LogP contribution is -2.39. The zero-order chi connectivity index (χ0) is 27.5. The molecule has 0 saturated heterocycles. The van der Waals surface area contributed by atoms with E-state index in [1.807, 2.05) is 0 Å². The Kier molecular flexibility index (Phi) is 8.08. The first kappa shape index (κ1) is 27.4. The summed E-state index contributed by atoms with van der Waals surface area (Å²) in [4.78, 5) is 78.3. The fourth-order valence-corrected chi connectivity index (χ4v) is 2.81. The predicted octanol–water partition coefficient (Wildman–Crippen LogP) is -4.20. The van der Waals surface area contributed by atoms with Gasteiger partial charge in [-0.05, 0) is 0 Å². The molecule has 4 rings (SSSR count). The van der Waals surface area contributed by atoms with Crippen molar-refractivity contribution >= 4 is 34.3 Å². The van der Waals surface area contributed by atoms with Crippen LogP contribution in [0.3, 0.4) is 0 Å². The molecule has 0 aliphatic rings. The lowest BCUT2D eigenvalue weighted by molar-refractivity contribution is -0.165. The molecule has 4 aromatic heterocycles. The highest BCUT2D eigenvalue weighted by molar-refractivity contribution is 5.83. The minimum Gasteiger partial charge on any atom is -0.479 e. The maximum atomic E-state index is 11.4. The maximum Gasteiger partial charge on any atom is 0.335 e. The normalized spacial score (nSPS) is 12.3. The number of aryl methyl sites for hydroxylation is 2. The minimum absolute atomic E-state index is 0.351. The van der Waals surface area contributed by atoms with Crippen LogP contribution in [0.2, 0.25) is 0 Å². The number of H-pyrrole nitrogens is 2. The molecule has 0 saturated carbocycles. The highest BCUT2D eigenvalue weighted by Crippen LogP contribution is 1.98. The van der Waals surface area contributed by atoms with Crippen molar-refractivity contribution in [3.05, 3.63) is 54.3 Å². The minimum atomic E-state index is -2.27. The molecule has 18 nitrogen and oxygen atoms in total. The molecule has 36 heavy (non-hydrogen) atoms. The number of aliphatic hydroxyl groups excluding tert-OH is 2. The Morgan fingerprint density at radius 3 is 1.28 bits per heavy atom. The van der Waals surface area contributed by atoms with Gasteiger partial charge in [0.05, 0.1) is 12.7 Å². The molecular weight excluding hydrogens is 488 g/mol.